The Morgan fingerprint density at radius 3 is 2.21 bits per heavy atom. The van der Waals surface area contributed by atoms with Crippen molar-refractivity contribution in [2.45, 2.75) is 59.3 Å². The first kappa shape index (κ1) is 10.5. The maximum absolute atomic E-state index is 2.49. The Balaban J connectivity index is 1.52. The smallest absolute Gasteiger partial charge is 0.0352 e. The number of rotatable bonds is 6. The van der Waals surface area contributed by atoms with Gasteiger partial charge in [-0.3, -0.25) is 0 Å². The average Bonchev–Trinajstić information content (AvgIpc) is 2.70. The Bertz CT molecular complexity index is 182. The predicted molar refractivity (Wildman–Crippen MR) is 62.2 cm³/mol. The van der Waals surface area contributed by atoms with Gasteiger partial charge in [-0.25, -0.2) is 0 Å². The molecule has 0 spiro atoms. The molecule has 0 aromatic rings. The van der Waals surface area contributed by atoms with Gasteiger partial charge >= 0.3 is 0 Å². The minimum absolute atomic E-state index is 0.904. The lowest BCUT2D eigenvalue weighted by Gasteiger charge is -2.31. The van der Waals surface area contributed by atoms with Crippen molar-refractivity contribution in [3.05, 3.63) is 0 Å². The largest absolute Gasteiger partial charge is 0.0628 e. The average molecular weight is 194 g/mol. The number of hydrogen-bond donors (Lipinski definition) is 0. The van der Waals surface area contributed by atoms with E-state index in [1.165, 1.54) is 37.5 Å². The number of unbranched alkanes of at least 4 members (excludes halogenated alkanes) is 1. The van der Waals surface area contributed by atoms with Crippen LogP contribution >= 0.6 is 0 Å². The molecule has 4 unspecified atom stereocenters. The second kappa shape index (κ2) is 4.24. The quantitative estimate of drug-likeness (QED) is 0.546. The molecule has 0 amide bonds. The Morgan fingerprint density at radius 1 is 1.00 bits per heavy atom. The Labute approximate surface area is 89.5 Å². The molecule has 82 valence electrons. The van der Waals surface area contributed by atoms with Crippen LogP contribution in [0.1, 0.15) is 59.3 Å². The molecular formula is C14H26. The topological polar surface area (TPSA) is 0 Å². The third kappa shape index (κ3) is 2.32. The summed E-state index contributed by atoms with van der Waals surface area (Å²) in [4.78, 5) is 0. The lowest BCUT2D eigenvalue weighted by atomic mass is 9.75. The molecule has 0 nitrogen and oxygen atoms in total. The van der Waals surface area contributed by atoms with Crippen molar-refractivity contribution < 1.29 is 0 Å². The van der Waals surface area contributed by atoms with Gasteiger partial charge in [0, 0.05) is 0 Å². The standard InChI is InChI=1S/C14H26/c1-10(2)6-4-5-7-11(3)13-8-12-9-14(12)13/h10-14H,4-9H2,1-3H3. The van der Waals surface area contributed by atoms with Crippen LogP contribution in [0.2, 0.25) is 0 Å². The van der Waals surface area contributed by atoms with E-state index in [1.807, 2.05) is 0 Å². The summed E-state index contributed by atoms with van der Waals surface area (Å²) in [6.45, 7) is 7.17. The van der Waals surface area contributed by atoms with E-state index in [2.05, 4.69) is 20.8 Å². The lowest BCUT2D eigenvalue weighted by Crippen LogP contribution is -2.23. The van der Waals surface area contributed by atoms with Crippen molar-refractivity contribution in [1.29, 1.82) is 0 Å². The van der Waals surface area contributed by atoms with Crippen molar-refractivity contribution in [2.75, 3.05) is 0 Å². The molecule has 2 rings (SSSR count). The third-order valence-corrected chi connectivity index (χ3v) is 4.52. The molecule has 0 heteroatoms. The van der Waals surface area contributed by atoms with E-state index < -0.39 is 0 Å². The van der Waals surface area contributed by atoms with E-state index in [0.717, 1.165) is 17.8 Å². The van der Waals surface area contributed by atoms with Gasteiger partial charge in [0.05, 0.1) is 0 Å². The molecule has 14 heavy (non-hydrogen) atoms. The molecule has 0 heterocycles. The fourth-order valence-corrected chi connectivity index (χ4v) is 3.28. The van der Waals surface area contributed by atoms with Gasteiger partial charge < -0.3 is 0 Å². The van der Waals surface area contributed by atoms with Crippen molar-refractivity contribution in [3.63, 3.8) is 0 Å². The molecule has 2 fully saturated rings. The molecule has 0 saturated heterocycles. The lowest BCUT2D eigenvalue weighted by molar-refractivity contribution is 0.187. The van der Waals surface area contributed by atoms with Crippen molar-refractivity contribution in [1.82, 2.24) is 0 Å². The zero-order valence-corrected chi connectivity index (χ0v) is 10.1. The first-order valence-electron chi connectivity index (χ1n) is 6.68. The third-order valence-electron chi connectivity index (χ3n) is 4.52. The zero-order valence-electron chi connectivity index (χ0n) is 10.1. The molecule has 2 aliphatic carbocycles. The van der Waals surface area contributed by atoms with Crippen LogP contribution in [0.5, 0.6) is 0 Å². The van der Waals surface area contributed by atoms with Gasteiger partial charge in [0.15, 0.2) is 0 Å². The summed E-state index contributed by atoms with van der Waals surface area (Å²) in [7, 11) is 0. The summed E-state index contributed by atoms with van der Waals surface area (Å²) in [5, 5.41) is 0. The Kier molecular flexibility index (Phi) is 3.19. The van der Waals surface area contributed by atoms with Gasteiger partial charge in [-0.2, -0.15) is 0 Å². The highest BCUT2D eigenvalue weighted by Crippen LogP contribution is 2.62. The van der Waals surface area contributed by atoms with Gasteiger partial charge in [0.25, 0.3) is 0 Å². The molecule has 0 N–H and O–H groups in total. The highest BCUT2D eigenvalue weighted by molar-refractivity contribution is 5.03. The fraction of sp³-hybridized carbons (Fsp3) is 1.00. The van der Waals surface area contributed by atoms with Crippen LogP contribution in [0.3, 0.4) is 0 Å². The van der Waals surface area contributed by atoms with Crippen molar-refractivity contribution >= 4 is 0 Å². The molecule has 0 aromatic heterocycles. The summed E-state index contributed by atoms with van der Waals surface area (Å²) in [6.07, 6.45) is 9.04. The minimum Gasteiger partial charge on any atom is -0.0628 e. The van der Waals surface area contributed by atoms with Crippen molar-refractivity contribution in [3.8, 4) is 0 Å². The van der Waals surface area contributed by atoms with Crippen LogP contribution in [0.15, 0.2) is 0 Å². The highest BCUT2D eigenvalue weighted by Gasteiger charge is 2.54. The first-order chi connectivity index (χ1) is 6.68. The SMILES string of the molecule is CC(C)CCCCC(C)C1CC2CC21. The second-order valence-electron chi connectivity index (χ2n) is 6.21. The van der Waals surface area contributed by atoms with Crippen LogP contribution in [0, 0.1) is 29.6 Å². The molecule has 0 aromatic carbocycles. The van der Waals surface area contributed by atoms with Crippen LogP contribution < -0.4 is 0 Å². The van der Waals surface area contributed by atoms with E-state index in [9.17, 15) is 0 Å². The normalized spacial score (nSPS) is 36.4. The Morgan fingerprint density at radius 2 is 1.71 bits per heavy atom. The van der Waals surface area contributed by atoms with Crippen LogP contribution in [0.25, 0.3) is 0 Å². The Hall–Kier alpha value is 0. The maximum atomic E-state index is 2.49. The molecule has 4 atom stereocenters. The van der Waals surface area contributed by atoms with E-state index in [0.29, 0.717) is 0 Å². The van der Waals surface area contributed by atoms with Gasteiger partial charge in [-0.15, -0.1) is 0 Å². The van der Waals surface area contributed by atoms with Gasteiger partial charge in [0.2, 0.25) is 0 Å². The predicted octanol–water partition coefficient (Wildman–Crippen LogP) is 4.49. The maximum Gasteiger partial charge on any atom is -0.0352 e. The number of hydrogen-bond acceptors (Lipinski definition) is 0. The van der Waals surface area contributed by atoms with E-state index >= 15 is 0 Å². The summed E-state index contributed by atoms with van der Waals surface area (Å²) >= 11 is 0. The zero-order chi connectivity index (χ0) is 10.1. The summed E-state index contributed by atoms with van der Waals surface area (Å²) in [5.74, 6) is 5.46. The summed E-state index contributed by atoms with van der Waals surface area (Å²) in [5.41, 5.74) is 0. The number of fused-ring (bicyclic) bond motifs is 1. The highest BCUT2D eigenvalue weighted by atomic mass is 14.6. The van der Waals surface area contributed by atoms with E-state index in [-0.39, 0.29) is 0 Å². The minimum atomic E-state index is 0.904. The van der Waals surface area contributed by atoms with Crippen LogP contribution in [-0.2, 0) is 0 Å². The van der Waals surface area contributed by atoms with Crippen LogP contribution in [0.4, 0.5) is 0 Å². The molecule has 2 aliphatic rings. The summed E-state index contributed by atoms with van der Waals surface area (Å²) < 4.78 is 0. The van der Waals surface area contributed by atoms with Crippen LogP contribution in [-0.4, -0.2) is 0 Å². The molecule has 0 aliphatic heterocycles. The summed E-state index contributed by atoms with van der Waals surface area (Å²) in [6, 6.07) is 0. The first-order valence-corrected chi connectivity index (χ1v) is 6.68. The molecule has 2 saturated carbocycles. The molecule has 0 radical (unpaired) electrons. The molecular weight excluding hydrogens is 168 g/mol. The second-order valence-corrected chi connectivity index (χ2v) is 6.21. The van der Waals surface area contributed by atoms with Gasteiger partial charge in [-0.1, -0.05) is 46.5 Å². The van der Waals surface area contributed by atoms with Gasteiger partial charge in [0.1, 0.15) is 0 Å². The van der Waals surface area contributed by atoms with E-state index in [4.69, 9.17) is 0 Å². The molecule has 0 bridgehead atoms. The monoisotopic (exact) mass is 194 g/mol. The van der Waals surface area contributed by atoms with Crippen molar-refractivity contribution in [2.24, 2.45) is 29.6 Å². The van der Waals surface area contributed by atoms with Gasteiger partial charge in [-0.05, 0) is 42.4 Å². The fourth-order valence-electron chi connectivity index (χ4n) is 3.28. The van der Waals surface area contributed by atoms with E-state index in [1.54, 1.807) is 12.8 Å².